The van der Waals surface area contributed by atoms with Crippen LogP contribution in [0.3, 0.4) is 0 Å². The van der Waals surface area contributed by atoms with Crippen molar-refractivity contribution in [2.24, 2.45) is 0 Å². The van der Waals surface area contributed by atoms with Gasteiger partial charge in [-0.2, -0.15) is 4.39 Å². The summed E-state index contributed by atoms with van der Waals surface area (Å²) in [7, 11) is 0. The minimum absolute atomic E-state index is 0.527. The molecule has 0 bridgehead atoms. The molecule has 0 aliphatic heterocycles. The third-order valence-corrected chi connectivity index (χ3v) is 2.84. The Morgan fingerprint density at radius 1 is 1.00 bits per heavy atom. The average molecular weight is 256 g/mol. The summed E-state index contributed by atoms with van der Waals surface area (Å²) < 4.78 is 12.6. The molecule has 0 aromatic carbocycles. The van der Waals surface area contributed by atoms with Crippen molar-refractivity contribution in [3.8, 4) is 0 Å². The first-order valence-electron chi connectivity index (χ1n) is 6.88. The Labute approximate surface area is 110 Å². The monoisotopic (exact) mass is 256 g/mol. The Bertz CT molecular complexity index is 270. The van der Waals surface area contributed by atoms with Gasteiger partial charge in [0, 0.05) is 0 Å². The van der Waals surface area contributed by atoms with E-state index in [0.717, 1.165) is 19.3 Å². The van der Waals surface area contributed by atoms with Crippen molar-refractivity contribution in [2.45, 2.75) is 64.7 Å². The lowest BCUT2D eigenvalue weighted by atomic mass is 10.1. The molecule has 3 heteroatoms. The van der Waals surface area contributed by atoms with Crippen molar-refractivity contribution in [1.82, 2.24) is 0 Å². The van der Waals surface area contributed by atoms with Crippen molar-refractivity contribution >= 4 is 5.97 Å². The van der Waals surface area contributed by atoms with Crippen LogP contribution in [0.15, 0.2) is 24.1 Å². The summed E-state index contributed by atoms with van der Waals surface area (Å²) in [6.07, 6.45) is 15.3. The molecule has 0 radical (unpaired) electrons. The Balaban J connectivity index is 3.21. The van der Waals surface area contributed by atoms with Crippen molar-refractivity contribution in [2.75, 3.05) is 0 Å². The zero-order valence-electron chi connectivity index (χ0n) is 11.3. The second-order valence-electron chi connectivity index (χ2n) is 4.48. The van der Waals surface area contributed by atoms with Crippen LogP contribution in [0.25, 0.3) is 0 Å². The highest BCUT2D eigenvalue weighted by Gasteiger charge is 2.02. The van der Waals surface area contributed by atoms with Crippen molar-refractivity contribution < 1.29 is 14.3 Å². The average Bonchev–Trinajstić information content (AvgIpc) is 2.35. The van der Waals surface area contributed by atoms with Crippen molar-refractivity contribution in [1.29, 1.82) is 0 Å². The van der Waals surface area contributed by atoms with Gasteiger partial charge in [0.25, 0.3) is 0 Å². The smallest absolute Gasteiger partial charge is 0.364 e. The summed E-state index contributed by atoms with van der Waals surface area (Å²) in [5, 5.41) is 8.30. The fourth-order valence-corrected chi connectivity index (χ4v) is 1.77. The maximum absolute atomic E-state index is 12.6. The van der Waals surface area contributed by atoms with E-state index in [-0.39, 0.29) is 0 Å². The molecule has 0 saturated carbocycles. The quantitative estimate of drug-likeness (QED) is 0.320. The van der Waals surface area contributed by atoms with Gasteiger partial charge in [0.1, 0.15) is 0 Å². The number of rotatable bonds is 11. The van der Waals surface area contributed by atoms with E-state index in [0.29, 0.717) is 6.42 Å². The number of carbonyl (C=O) groups is 1. The largest absolute Gasteiger partial charge is 0.476 e. The molecule has 1 N–H and O–H groups in total. The molecule has 0 aliphatic carbocycles. The van der Waals surface area contributed by atoms with E-state index in [9.17, 15) is 9.18 Å². The molecule has 0 fully saturated rings. The lowest BCUT2D eigenvalue weighted by Crippen LogP contribution is -1.94. The molecule has 2 nitrogen and oxygen atoms in total. The third-order valence-electron chi connectivity index (χ3n) is 2.84. The summed E-state index contributed by atoms with van der Waals surface area (Å²) >= 11 is 0. The minimum atomic E-state index is -1.46. The highest BCUT2D eigenvalue weighted by Crippen LogP contribution is 2.11. The second kappa shape index (κ2) is 12.3. The number of allylic oxidation sites excluding steroid dienone is 3. The molecule has 0 atom stereocenters. The normalized spacial score (nSPS) is 12.2. The second-order valence-corrected chi connectivity index (χ2v) is 4.48. The van der Waals surface area contributed by atoms with E-state index in [1.54, 1.807) is 0 Å². The highest BCUT2D eigenvalue weighted by molar-refractivity contribution is 5.83. The maximum atomic E-state index is 12.6. The van der Waals surface area contributed by atoms with Gasteiger partial charge in [-0.1, -0.05) is 44.3 Å². The summed E-state index contributed by atoms with van der Waals surface area (Å²) in [5.74, 6) is -2.49. The molecule has 0 rings (SSSR count). The molecule has 18 heavy (non-hydrogen) atoms. The molecule has 0 spiro atoms. The number of hydrogen-bond donors (Lipinski definition) is 1. The predicted molar refractivity (Wildman–Crippen MR) is 73.2 cm³/mol. The molecule has 0 heterocycles. The number of carboxylic acids is 1. The van der Waals surface area contributed by atoms with Gasteiger partial charge in [-0.25, -0.2) is 4.79 Å². The van der Waals surface area contributed by atoms with Gasteiger partial charge in [0.05, 0.1) is 0 Å². The summed E-state index contributed by atoms with van der Waals surface area (Å²) in [4.78, 5) is 10.2. The van der Waals surface area contributed by atoms with Crippen LogP contribution in [-0.2, 0) is 4.79 Å². The van der Waals surface area contributed by atoms with E-state index in [2.05, 4.69) is 12.2 Å². The minimum Gasteiger partial charge on any atom is -0.476 e. The predicted octanol–water partition coefficient (Wildman–Crippen LogP) is 5.01. The Hall–Kier alpha value is -1.12. The zero-order chi connectivity index (χ0) is 13.6. The Morgan fingerprint density at radius 2 is 1.50 bits per heavy atom. The van der Waals surface area contributed by atoms with Crippen LogP contribution in [0.1, 0.15) is 64.7 Å². The number of aliphatic carboxylic acids is 1. The Morgan fingerprint density at radius 3 is 2.00 bits per heavy atom. The van der Waals surface area contributed by atoms with Crippen LogP contribution < -0.4 is 0 Å². The molecule has 104 valence electrons. The first-order chi connectivity index (χ1) is 8.68. The summed E-state index contributed by atoms with van der Waals surface area (Å²) in [6.45, 7) is 2.04. The van der Waals surface area contributed by atoms with Gasteiger partial charge in [-0.05, 0) is 38.7 Å². The van der Waals surface area contributed by atoms with Crippen molar-refractivity contribution in [3.63, 3.8) is 0 Å². The van der Waals surface area contributed by atoms with E-state index in [4.69, 9.17) is 5.11 Å². The third kappa shape index (κ3) is 11.4. The molecule has 0 saturated heterocycles. The van der Waals surface area contributed by atoms with Crippen LogP contribution in [0.5, 0.6) is 0 Å². The topological polar surface area (TPSA) is 37.3 Å². The lowest BCUT2D eigenvalue weighted by Gasteiger charge is -2.00. The first-order valence-corrected chi connectivity index (χ1v) is 6.88. The summed E-state index contributed by atoms with van der Waals surface area (Å²) in [6, 6.07) is 0. The van der Waals surface area contributed by atoms with E-state index in [1.807, 2.05) is 6.92 Å². The standard InChI is InChI=1S/C15H25FO2/c1-2-3-4-5-6-7-8-9-10-11-12-13-14(16)15(17)18/h2-3,13H,4-12H2,1H3,(H,17,18)/b3-2+,14-13?. The first kappa shape index (κ1) is 16.9. The van der Waals surface area contributed by atoms with Gasteiger partial charge in [0.15, 0.2) is 0 Å². The molecule has 0 aromatic heterocycles. The van der Waals surface area contributed by atoms with Crippen molar-refractivity contribution in [3.05, 3.63) is 24.1 Å². The number of unbranched alkanes of at least 4 members (excludes halogenated alkanes) is 8. The molecular weight excluding hydrogens is 231 g/mol. The molecular formula is C15H25FO2. The van der Waals surface area contributed by atoms with Crippen LogP contribution in [0, 0.1) is 0 Å². The highest BCUT2D eigenvalue weighted by atomic mass is 19.1. The Kier molecular flexibility index (Phi) is 11.6. The van der Waals surface area contributed by atoms with Crippen LogP contribution in [0.2, 0.25) is 0 Å². The van der Waals surface area contributed by atoms with Gasteiger partial charge in [0.2, 0.25) is 5.83 Å². The van der Waals surface area contributed by atoms with Crippen LogP contribution in [-0.4, -0.2) is 11.1 Å². The van der Waals surface area contributed by atoms with Crippen LogP contribution in [0.4, 0.5) is 4.39 Å². The van der Waals surface area contributed by atoms with Crippen LogP contribution >= 0.6 is 0 Å². The van der Waals surface area contributed by atoms with E-state index >= 15 is 0 Å². The van der Waals surface area contributed by atoms with Gasteiger partial charge in [-0.15, -0.1) is 0 Å². The number of hydrogen-bond acceptors (Lipinski definition) is 1. The molecule has 0 aliphatic rings. The molecule has 0 unspecified atom stereocenters. The fraction of sp³-hybridized carbons (Fsp3) is 0.667. The van der Waals surface area contributed by atoms with Gasteiger partial charge < -0.3 is 5.11 Å². The lowest BCUT2D eigenvalue weighted by molar-refractivity contribution is -0.134. The number of carboxylic acid groups (broad SMARTS) is 1. The SMILES string of the molecule is C/C=C/CCCCCCCCCC=C(F)C(=O)O. The maximum Gasteiger partial charge on any atom is 0.364 e. The molecule has 0 amide bonds. The van der Waals surface area contributed by atoms with E-state index < -0.39 is 11.8 Å². The fourth-order valence-electron chi connectivity index (χ4n) is 1.77. The molecule has 0 aromatic rings. The zero-order valence-corrected chi connectivity index (χ0v) is 11.3. The van der Waals surface area contributed by atoms with E-state index in [1.165, 1.54) is 38.2 Å². The number of halogens is 1. The van der Waals surface area contributed by atoms with Gasteiger partial charge >= 0.3 is 5.97 Å². The van der Waals surface area contributed by atoms with Gasteiger partial charge in [-0.3, -0.25) is 0 Å². The summed E-state index contributed by atoms with van der Waals surface area (Å²) in [5.41, 5.74) is 0.